The van der Waals surface area contributed by atoms with Gasteiger partial charge in [-0.1, -0.05) is 98.8 Å². The lowest BCUT2D eigenvalue weighted by molar-refractivity contribution is 0.258. The zero-order valence-corrected chi connectivity index (χ0v) is 19.1. The van der Waals surface area contributed by atoms with Crippen molar-refractivity contribution in [1.29, 1.82) is 0 Å². The van der Waals surface area contributed by atoms with Gasteiger partial charge in [-0.2, -0.15) is 0 Å². The smallest absolute Gasteiger partial charge is 0.202 e. The summed E-state index contributed by atoms with van der Waals surface area (Å²) in [7, 11) is -0.706. The molecule has 2 atom stereocenters. The van der Waals surface area contributed by atoms with E-state index in [-0.39, 0.29) is 12.1 Å². The molecule has 0 aliphatic carbocycles. The molecule has 3 aromatic rings. The van der Waals surface area contributed by atoms with Crippen LogP contribution in [0.3, 0.4) is 0 Å². The van der Waals surface area contributed by atoms with Gasteiger partial charge in [0.2, 0.25) is 5.90 Å². The second-order valence-electron chi connectivity index (χ2n) is 8.66. The van der Waals surface area contributed by atoms with Crippen LogP contribution in [0, 0.1) is 5.92 Å². The Morgan fingerprint density at radius 3 is 2.00 bits per heavy atom. The molecule has 0 fully saturated rings. The summed E-state index contributed by atoms with van der Waals surface area (Å²) in [4.78, 5) is 5.07. The van der Waals surface area contributed by atoms with Crippen LogP contribution in [0.15, 0.2) is 89.9 Å². The summed E-state index contributed by atoms with van der Waals surface area (Å²) in [6.07, 6.45) is 0.943. The lowest BCUT2D eigenvalue weighted by Gasteiger charge is -2.41. The van der Waals surface area contributed by atoms with E-state index in [0.29, 0.717) is 12.5 Å². The van der Waals surface area contributed by atoms with Crippen LogP contribution in [0.25, 0.3) is 0 Å². The maximum absolute atomic E-state index is 6.25. The first-order valence-electron chi connectivity index (χ1n) is 11.1. The molecule has 5 rings (SSSR count). The Morgan fingerprint density at radius 1 is 0.839 bits per heavy atom. The number of fused-ring (bicyclic) bond motifs is 1. The quantitative estimate of drug-likeness (QED) is 0.539. The monoisotopic (exact) mass is 428 g/mol. The second kappa shape index (κ2) is 8.94. The van der Waals surface area contributed by atoms with Gasteiger partial charge in [0.15, 0.2) is 0 Å². The van der Waals surface area contributed by atoms with Crippen molar-refractivity contribution in [3.8, 4) is 0 Å². The molecule has 3 nitrogen and oxygen atoms in total. The van der Waals surface area contributed by atoms with Gasteiger partial charge < -0.3 is 4.74 Å². The summed E-state index contributed by atoms with van der Waals surface area (Å²) in [6.45, 7) is 6.07. The Labute approximate surface area is 186 Å². The van der Waals surface area contributed by atoms with E-state index in [1.807, 2.05) is 0 Å². The highest BCUT2D eigenvalue weighted by Gasteiger charge is 2.39. The maximum atomic E-state index is 6.25. The predicted octanol–water partition coefficient (Wildman–Crippen LogP) is 4.91. The standard InChI is InChI=1S/C27H29N2OP/c1-20(2)25-19-30-27(28-25)26-17-21-11-9-10-12-22(21)18-29(26)31(23-13-5-3-6-14-23)24-15-7-4-8-16-24/h3-16,20,25-26H,17-19H2,1-2H3/t25-,26-/m0/s1. The number of aliphatic imine (C=N–C) groups is 1. The summed E-state index contributed by atoms with van der Waals surface area (Å²) in [5, 5.41) is 2.74. The molecule has 0 amide bonds. The van der Waals surface area contributed by atoms with E-state index in [2.05, 4.69) is 103 Å². The van der Waals surface area contributed by atoms with E-state index in [1.165, 1.54) is 21.7 Å². The summed E-state index contributed by atoms with van der Waals surface area (Å²) < 4.78 is 8.91. The Bertz CT molecular complexity index is 1010. The molecule has 0 N–H and O–H groups in total. The van der Waals surface area contributed by atoms with Crippen molar-refractivity contribution >= 4 is 24.6 Å². The van der Waals surface area contributed by atoms with Gasteiger partial charge in [-0.3, -0.25) is 4.67 Å². The van der Waals surface area contributed by atoms with Crippen LogP contribution in [0.5, 0.6) is 0 Å². The molecule has 3 aromatic carbocycles. The largest absolute Gasteiger partial charge is 0.478 e. The molecule has 0 unspecified atom stereocenters. The second-order valence-corrected chi connectivity index (χ2v) is 10.8. The van der Waals surface area contributed by atoms with Gasteiger partial charge in [0.05, 0.1) is 12.1 Å². The Hall–Kier alpha value is -2.48. The van der Waals surface area contributed by atoms with Crippen molar-refractivity contribution in [2.45, 2.75) is 38.9 Å². The van der Waals surface area contributed by atoms with Crippen LogP contribution in [-0.2, 0) is 17.7 Å². The molecular formula is C27H29N2OP. The van der Waals surface area contributed by atoms with Gasteiger partial charge in [-0.25, -0.2) is 4.99 Å². The van der Waals surface area contributed by atoms with Crippen LogP contribution in [-0.4, -0.2) is 29.3 Å². The molecule has 0 saturated carbocycles. The summed E-state index contributed by atoms with van der Waals surface area (Å²) in [6, 6.07) is 31.1. The van der Waals surface area contributed by atoms with Gasteiger partial charge in [0.1, 0.15) is 6.61 Å². The van der Waals surface area contributed by atoms with E-state index in [9.17, 15) is 0 Å². The van der Waals surface area contributed by atoms with E-state index in [4.69, 9.17) is 9.73 Å². The van der Waals surface area contributed by atoms with Gasteiger partial charge >= 0.3 is 0 Å². The molecule has 4 heteroatoms. The molecule has 158 valence electrons. The molecular weight excluding hydrogens is 399 g/mol. The van der Waals surface area contributed by atoms with E-state index >= 15 is 0 Å². The fourth-order valence-electron chi connectivity index (χ4n) is 4.45. The van der Waals surface area contributed by atoms with Crippen LogP contribution in [0.4, 0.5) is 0 Å². The van der Waals surface area contributed by atoms with Crippen molar-refractivity contribution in [3.05, 3.63) is 96.1 Å². The zero-order valence-electron chi connectivity index (χ0n) is 18.2. The number of hydrogen-bond acceptors (Lipinski definition) is 3. The van der Waals surface area contributed by atoms with Gasteiger partial charge in [0, 0.05) is 14.6 Å². The lowest BCUT2D eigenvalue weighted by atomic mass is 9.96. The van der Waals surface area contributed by atoms with Crippen LogP contribution in [0.2, 0.25) is 0 Å². The van der Waals surface area contributed by atoms with Crippen LogP contribution in [0.1, 0.15) is 25.0 Å². The van der Waals surface area contributed by atoms with Crippen molar-refractivity contribution < 1.29 is 4.74 Å². The van der Waals surface area contributed by atoms with E-state index in [1.54, 1.807) is 0 Å². The van der Waals surface area contributed by atoms with Crippen LogP contribution >= 0.6 is 8.07 Å². The maximum Gasteiger partial charge on any atom is 0.202 e. The highest BCUT2D eigenvalue weighted by Crippen LogP contribution is 2.45. The number of rotatable bonds is 5. The molecule has 0 spiro atoms. The predicted molar refractivity (Wildman–Crippen MR) is 131 cm³/mol. The Kier molecular flexibility index (Phi) is 5.89. The number of hydrogen-bond donors (Lipinski definition) is 0. The number of nitrogens with zero attached hydrogens (tertiary/aromatic N) is 2. The fourth-order valence-corrected chi connectivity index (χ4v) is 7.00. The molecule has 2 heterocycles. The summed E-state index contributed by atoms with van der Waals surface area (Å²) in [5.41, 5.74) is 2.83. The molecule has 0 aromatic heterocycles. The van der Waals surface area contributed by atoms with E-state index in [0.717, 1.165) is 18.9 Å². The van der Waals surface area contributed by atoms with Crippen molar-refractivity contribution in [2.75, 3.05) is 6.61 Å². The lowest BCUT2D eigenvalue weighted by Crippen LogP contribution is -2.45. The third-order valence-corrected chi connectivity index (χ3v) is 8.74. The molecule has 0 bridgehead atoms. The SMILES string of the molecule is CC(C)[C@@H]1COC([C@@H]2Cc3ccccc3CN2P(c2ccccc2)c2ccccc2)=N1. The Morgan fingerprint density at radius 2 is 1.42 bits per heavy atom. The average molecular weight is 429 g/mol. The minimum atomic E-state index is -0.706. The van der Waals surface area contributed by atoms with Crippen molar-refractivity contribution in [1.82, 2.24) is 4.67 Å². The third kappa shape index (κ3) is 4.18. The number of benzene rings is 3. The van der Waals surface area contributed by atoms with E-state index < -0.39 is 8.07 Å². The number of ether oxygens (including phenoxy) is 1. The third-order valence-electron chi connectivity index (χ3n) is 6.23. The first-order chi connectivity index (χ1) is 15.2. The summed E-state index contributed by atoms with van der Waals surface area (Å²) in [5.74, 6) is 1.42. The highest BCUT2D eigenvalue weighted by molar-refractivity contribution is 7.70. The highest BCUT2D eigenvalue weighted by atomic mass is 31.1. The molecule has 2 aliphatic heterocycles. The Balaban J connectivity index is 1.61. The minimum Gasteiger partial charge on any atom is -0.478 e. The van der Waals surface area contributed by atoms with Gasteiger partial charge in [-0.15, -0.1) is 0 Å². The van der Waals surface area contributed by atoms with Gasteiger partial charge in [-0.05, 0) is 34.1 Å². The van der Waals surface area contributed by atoms with Gasteiger partial charge in [0.25, 0.3) is 0 Å². The topological polar surface area (TPSA) is 24.8 Å². The first-order valence-corrected chi connectivity index (χ1v) is 12.4. The molecule has 0 radical (unpaired) electrons. The normalized spacial score (nSPS) is 21.1. The molecule has 31 heavy (non-hydrogen) atoms. The van der Waals surface area contributed by atoms with Crippen molar-refractivity contribution in [2.24, 2.45) is 10.9 Å². The zero-order chi connectivity index (χ0) is 21.2. The van der Waals surface area contributed by atoms with Crippen molar-refractivity contribution in [3.63, 3.8) is 0 Å². The summed E-state index contributed by atoms with van der Waals surface area (Å²) >= 11 is 0. The average Bonchev–Trinajstić information content (AvgIpc) is 3.31. The first kappa shape index (κ1) is 20.4. The molecule has 2 aliphatic rings. The molecule has 0 saturated heterocycles. The minimum absolute atomic E-state index is 0.158. The fraction of sp³-hybridized carbons (Fsp3) is 0.296. The van der Waals surface area contributed by atoms with Crippen LogP contribution < -0.4 is 10.6 Å².